The van der Waals surface area contributed by atoms with E-state index < -0.39 is 0 Å². The van der Waals surface area contributed by atoms with Crippen LogP contribution in [0.2, 0.25) is 0 Å². The van der Waals surface area contributed by atoms with Crippen LogP contribution in [0.3, 0.4) is 0 Å². The molecule has 1 atom stereocenters. The lowest BCUT2D eigenvalue weighted by molar-refractivity contribution is 0.0506. The highest BCUT2D eigenvalue weighted by Gasteiger charge is 2.05. The Balaban J connectivity index is 2.76. The maximum absolute atomic E-state index is 8.59. The molecule has 4 heteroatoms. The molecule has 0 fully saturated rings. The van der Waals surface area contributed by atoms with Crippen LogP contribution in [0, 0.1) is 6.92 Å². The predicted molar refractivity (Wildman–Crippen MR) is 68.2 cm³/mol. The van der Waals surface area contributed by atoms with E-state index in [-0.39, 0.29) is 11.9 Å². The average Bonchev–Trinajstić information content (AvgIpc) is 2.35. The van der Waals surface area contributed by atoms with Crippen molar-refractivity contribution in [2.45, 2.75) is 39.9 Å². The normalized spacial score (nSPS) is 13.7. The van der Waals surface area contributed by atoms with E-state index in [1.165, 1.54) is 0 Å². The molecular weight excluding hydrogens is 216 g/mol. The minimum Gasteiger partial charge on any atom is -0.409 e. The highest BCUT2D eigenvalue weighted by atomic mass is 16.5. The van der Waals surface area contributed by atoms with E-state index in [9.17, 15) is 0 Å². The van der Waals surface area contributed by atoms with Crippen LogP contribution >= 0.6 is 0 Å². The van der Waals surface area contributed by atoms with Crippen LogP contribution in [0.1, 0.15) is 37.0 Å². The summed E-state index contributed by atoms with van der Waals surface area (Å²) in [6.07, 6.45) is 1.26. The third-order valence-electron chi connectivity index (χ3n) is 2.84. The Morgan fingerprint density at radius 1 is 1.53 bits per heavy atom. The van der Waals surface area contributed by atoms with E-state index in [1.54, 1.807) is 0 Å². The maximum atomic E-state index is 8.59. The first-order chi connectivity index (χ1) is 8.08. The fourth-order valence-electron chi connectivity index (χ4n) is 1.42. The van der Waals surface area contributed by atoms with E-state index >= 15 is 0 Å². The van der Waals surface area contributed by atoms with Crippen LogP contribution in [-0.4, -0.2) is 17.1 Å². The highest BCUT2D eigenvalue weighted by Crippen LogP contribution is 2.13. The number of hydrogen-bond acceptors (Lipinski definition) is 3. The number of oxime groups is 1. The second kappa shape index (κ2) is 6.25. The molecular formula is C13H20N2O2. The van der Waals surface area contributed by atoms with Crippen LogP contribution in [0.5, 0.6) is 0 Å². The highest BCUT2D eigenvalue weighted by molar-refractivity contribution is 5.97. The largest absolute Gasteiger partial charge is 0.409 e. The van der Waals surface area contributed by atoms with Gasteiger partial charge in [0.1, 0.15) is 0 Å². The molecule has 0 aliphatic carbocycles. The van der Waals surface area contributed by atoms with Gasteiger partial charge in [0, 0.05) is 5.56 Å². The Bertz CT molecular complexity index is 402. The third-order valence-corrected chi connectivity index (χ3v) is 2.84. The Morgan fingerprint density at radius 2 is 2.24 bits per heavy atom. The van der Waals surface area contributed by atoms with Crippen LogP contribution in [0.25, 0.3) is 0 Å². The number of amidine groups is 1. The number of ether oxygens (including phenoxy) is 1. The summed E-state index contributed by atoms with van der Waals surface area (Å²) in [5.41, 5.74) is 8.45. The lowest BCUT2D eigenvalue weighted by atomic mass is 10.1. The Hall–Kier alpha value is -1.55. The lowest BCUT2D eigenvalue weighted by Gasteiger charge is -2.12. The summed E-state index contributed by atoms with van der Waals surface area (Å²) in [5.74, 6) is 0.127. The van der Waals surface area contributed by atoms with Gasteiger partial charge in [-0.05, 0) is 37.5 Å². The second-order valence-corrected chi connectivity index (χ2v) is 4.16. The molecule has 17 heavy (non-hydrogen) atoms. The molecule has 0 spiro atoms. The molecule has 0 saturated heterocycles. The van der Waals surface area contributed by atoms with E-state index in [2.05, 4.69) is 19.0 Å². The first-order valence-corrected chi connectivity index (χ1v) is 5.77. The van der Waals surface area contributed by atoms with Crippen molar-refractivity contribution in [2.24, 2.45) is 10.9 Å². The van der Waals surface area contributed by atoms with Crippen molar-refractivity contribution in [3.63, 3.8) is 0 Å². The zero-order chi connectivity index (χ0) is 12.8. The summed E-state index contributed by atoms with van der Waals surface area (Å²) in [4.78, 5) is 0. The van der Waals surface area contributed by atoms with E-state index in [1.807, 2.05) is 25.1 Å². The van der Waals surface area contributed by atoms with Gasteiger partial charge >= 0.3 is 0 Å². The van der Waals surface area contributed by atoms with Crippen molar-refractivity contribution in [2.75, 3.05) is 0 Å². The molecule has 4 nitrogen and oxygen atoms in total. The quantitative estimate of drug-likeness (QED) is 0.357. The number of nitrogens with two attached hydrogens (primary N) is 1. The van der Waals surface area contributed by atoms with Gasteiger partial charge in [-0.25, -0.2) is 0 Å². The summed E-state index contributed by atoms with van der Waals surface area (Å²) in [6, 6.07) is 5.67. The summed E-state index contributed by atoms with van der Waals surface area (Å²) >= 11 is 0. The van der Waals surface area contributed by atoms with E-state index in [4.69, 9.17) is 15.7 Å². The van der Waals surface area contributed by atoms with Crippen molar-refractivity contribution < 1.29 is 9.94 Å². The van der Waals surface area contributed by atoms with Crippen molar-refractivity contribution in [1.82, 2.24) is 0 Å². The van der Waals surface area contributed by atoms with Gasteiger partial charge in [0.15, 0.2) is 5.84 Å². The lowest BCUT2D eigenvalue weighted by Crippen LogP contribution is -2.14. The zero-order valence-electron chi connectivity index (χ0n) is 10.6. The molecule has 94 valence electrons. The van der Waals surface area contributed by atoms with Crippen molar-refractivity contribution >= 4 is 5.84 Å². The molecule has 3 N–H and O–H groups in total. The molecule has 1 aromatic rings. The zero-order valence-corrected chi connectivity index (χ0v) is 10.6. The van der Waals surface area contributed by atoms with Crippen molar-refractivity contribution in [3.05, 3.63) is 34.9 Å². The third kappa shape index (κ3) is 3.75. The standard InChI is InChI=1S/C13H20N2O2/c1-4-10(3)17-8-12-6-5-11(7-9(12)2)13(14)15-16/h5-7,10,16H,4,8H2,1-3H3,(H2,14,15). The number of nitrogens with zero attached hydrogens (tertiary/aromatic N) is 1. The van der Waals surface area contributed by atoms with Crippen LogP contribution in [-0.2, 0) is 11.3 Å². The first-order valence-electron chi connectivity index (χ1n) is 5.77. The van der Waals surface area contributed by atoms with Gasteiger partial charge in [0.05, 0.1) is 12.7 Å². The summed E-state index contributed by atoms with van der Waals surface area (Å²) < 4.78 is 5.67. The van der Waals surface area contributed by atoms with Crippen LogP contribution in [0.15, 0.2) is 23.4 Å². The Labute approximate surface area is 102 Å². The van der Waals surface area contributed by atoms with Gasteiger partial charge in [0.2, 0.25) is 0 Å². The summed E-state index contributed by atoms with van der Waals surface area (Å²) in [5, 5.41) is 11.6. The molecule has 0 aliphatic heterocycles. The molecule has 0 heterocycles. The number of benzene rings is 1. The van der Waals surface area contributed by atoms with Gasteiger partial charge in [-0.15, -0.1) is 0 Å². The van der Waals surface area contributed by atoms with Gasteiger partial charge in [0.25, 0.3) is 0 Å². The van der Waals surface area contributed by atoms with Crippen LogP contribution < -0.4 is 5.73 Å². The molecule has 0 radical (unpaired) electrons. The van der Waals surface area contributed by atoms with E-state index in [0.717, 1.165) is 23.1 Å². The fraction of sp³-hybridized carbons (Fsp3) is 0.462. The molecule has 1 aromatic carbocycles. The molecule has 0 saturated carbocycles. The molecule has 1 unspecified atom stereocenters. The number of aryl methyl sites for hydroxylation is 1. The molecule has 0 aromatic heterocycles. The van der Waals surface area contributed by atoms with Gasteiger partial charge < -0.3 is 15.7 Å². The van der Waals surface area contributed by atoms with E-state index in [0.29, 0.717) is 6.61 Å². The minimum absolute atomic E-state index is 0.127. The number of hydrogen-bond donors (Lipinski definition) is 2. The van der Waals surface area contributed by atoms with Crippen molar-refractivity contribution in [3.8, 4) is 0 Å². The fourth-order valence-corrected chi connectivity index (χ4v) is 1.42. The topological polar surface area (TPSA) is 67.8 Å². The minimum atomic E-state index is 0.127. The first kappa shape index (κ1) is 13.5. The SMILES string of the molecule is CCC(C)OCc1ccc(/C(N)=N/O)cc1C. The molecule has 0 aliphatic rings. The molecule has 0 amide bonds. The molecule has 0 bridgehead atoms. The Kier molecular flexibility index (Phi) is 4.97. The van der Waals surface area contributed by atoms with Gasteiger partial charge in [-0.2, -0.15) is 0 Å². The van der Waals surface area contributed by atoms with Crippen molar-refractivity contribution in [1.29, 1.82) is 0 Å². The van der Waals surface area contributed by atoms with Gasteiger partial charge in [-0.1, -0.05) is 24.2 Å². The molecule has 1 rings (SSSR count). The summed E-state index contributed by atoms with van der Waals surface area (Å²) in [6.45, 7) is 6.74. The monoisotopic (exact) mass is 236 g/mol. The predicted octanol–water partition coefficient (Wildman–Crippen LogP) is 2.40. The maximum Gasteiger partial charge on any atom is 0.170 e. The van der Waals surface area contributed by atoms with Gasteiger partial charge in [-0.3, -0.25) is 0 Å². The average molecular weight is 236 g/mol. The smallest absolute Gasteiger partial charge is 0.170 e. The second-order valence-electron chi connectivity index (χ2n) is 4.16. The number of rotatable bonds is 5. The van der Waals surface area contributed by atoms with Crippen LogP contribution in [0.4, 0.5) is 0 Å². The summed E-state index contributed by atoms with van der Waals surface area (Å²) in [7, 11) is 0. The Morgan fingerprint density at radius 3 is 2.76 bits per heavy atom.